The molecule has 122 valence electrons. The maximum Gasteiger partial charge on any atom is 0.223 e. The molecule has 0 aliphatic rings. The Morgan fingerprint density at radius 3 is 2.35 bits per heavy atom. The number of carbonyl (C=O) groups excluding carboxylic acids is 1. The number of nitrogens with one attached hydrogen (secondary N) is 1. The minimum absolute atomic E-state index is 0.0128. The van der Waals surface area contributed by atoms with Crippen LogP contribution in [-0.4, -0.2) is 17.9 Å². The van der Waals surface area contributed by atoms with E-state index in [1.807, 2.05) is 57.4 Å². The van der Waals surface area contributed by atoms with Gasteiger partial charge in [-0.05, 0) is 36.6 Å². The van der Waals surface area contributed by atoms with Crippen LogP contribution in [0, 0.1) is 5.41 Å². The van der Waals surface area contributed by atoms with Crippen molar-refractivity contribution in [2.45, 2.75) is 32.2 Å². The molecule has 0 aliphatic heterocycles. The van der Waals surface area contributed by atoms with Gasteiger partial charge in [0.15, 0.2) is 0 Å². The smallest absolute Gasteiger partial charge is 0.223 e. The van der Waals surface area contributed by atoms with Gasteiger partial charge in [0.05, 0.1) is 5.41 Å². The van der Waals surface area contributed by atoms with Crippen LogP contribution < -0.4 is 11.1 Å². The molecule has 4 heteroatoms. The minimum Gasteiger partial charge on any atom is -0.369 e. The van der Waals surface area contributed by atoms with Crippen molar-refractivity contribution in [3.63, 3.8) is 0 Å². The molecule has 3 N–H and O–H groups in total. The summed E-state index contributed by atoms with van der Waals surface area (Å²) in [4.78, 5) is 16.2. The summed E-state index contributed by atoms with van der Waals surface area (Å²) >= 11 is 0. The van der Waals surface area contributed by atoms with Gasteiger partial charge in [0, 0.05) is 18.4 Å². The molecule has 2 rings (SSSR count). The maximum absolute atomic E-state index is 12.0. The van der Waals surface area contributed by atoms with Crippen molar-refractivity contribution in [3.8, 4) is 0 Å². The predicted octanol–water partition coefficient (Wildman–Crippen LogP) is 3.03. The molecule has 0 radical (unpaired) electrons. The summed E-state index contributed by atoms with van der Waals surface area (Å²) in [5.74, 6) is -0.272. The molecular formula is C19H25N3O. The molecule has 0 spiro atoms. The van der Waals surface area contributed by atoms with E-state index in [1.165, 1.54) is 0 Å². The summed E-state index contributed by atoms with van der Waals surface area (Å²) in [5.41, 5.74) is 7.29. The number of benzene rings is 1. The van der Waals surface area contributed by atoms with Crippen LogP contribution in [0.15, 0.2) is 54.9 Å². The number of hydrogen-bond acceptors (Lipinski definition) is 3. The molecule has 2 aromatic rings. The molecule has 2 atom stereocenters. The maximum atomic E-state index is 12.0. The van der Waals surface area contributed by atoms with Crippen molar-refractivity contribution in [1.82, 2.24) is 10.3 Å². The number of primary amides is 1. The Balaban J connectivity index is 2.36. The summed E-state index contributed by atoms with van der Waals surface area (Å²) in [7, 11) is 1.93. The normalized spacial score (nSPS) is 14.2. The summed E-state index contributed by atoms with van der Waals surface area (Å²) in [6.07, 6.45) is 4.39. The van der Waals surface area contributed by atoms with Gasteiger partial charge < -0.3 is 11.1 Å². The highest BCUT2D eigenvalue weighted by Gasteiger charge is 2.37. The van der Waals surface area contributed by atoms with Crippen LogP contribution in [0.4, 0.5) is 0 Å². The molecule has 4 nitrogen and oxygen atoms in total. The summed E-state index contributed by atoms with van der Waals surface area (Å²) in [6, 6.07) is 14.2. The Morgan fingerprint density at radius 1 is 1.17 bits per heavy atom. The third-order valence-electron chi connectivity index (χ3n) is 4.61. The van der Waals surface area contributed by atoms with Gasteiger partial charge in [0.1, 0.15) is 0 Å². The molecule has 1 amide bonds. The highest BCUT2D eigenvalue weighted by Crippen LogP contribution is 2.41. The third-order valence-corrected chi connectivity index (χ3v) is 4.61. The zero-order valence-electron chi connectivity index (χ0n) is 14.0. The summed E-state index contributed by atoms with van der Waals surface area (Å²) < 4.78 is 0. The lowest BCUT2D eigenvalue weighted by atomic mass is 9.71. The number of aromatic nitrogens is 1. The lowest BCUT2D eigenvalue weighted by molar-refractivity contribution is -0.127. The molecule has 0 aliphatic carbocycles. The molecule has 1 aromatic carbocycles. The Bertz CT molecular complexity index is 626. The van der Waals surface area contributed by atoms with Gasteiger partial charge in [-0.15, -0.1) is 0 Å². The largest absolute Gasteiger partial charge is 0.369 e. The molecule has 0 fully saturated rings. The average Bonchev–Trinajstić information content (AvgIpc) is 2.57. The van der Waals surface area contributed by atoms with Crippen molar-refractivity contribution >= 4 is 5.91 Å². The van der Waals surface area contributed by atoms with Crippen LogP contribution in [-0.2, 0) is 4.79 Å². The second kappa shape index (κ2) is 7.38. The number of nitrogens with two attached hydrogens (primary N) is 1. The van der Waals surface area contributed by atoms with E-state index in [0.717, 1.165) is 17.5 Å². The fraction of sp³-hybridized carbons (Fsp3) is 0.368. The van der Waals surface area contributed by atoms with Gasteiger partial charge in [-0.3, -0.25) is 9.78 Å². The summed E-state index contributed by atoms with van der Waals surface area (Å²) in [5, 5.41) is 3.34. The van der Waals surface area contributed by atoms with Crippen LogP contribution in [0.3, 0.4) is 0 Å². The van der Waals surface area contributed by atoms with E-state index in [-0.39, 0.29) is 17.9 Å². The number of pyridine rings is 1. The fourth-order valence-corrected chi connectivity index (χ4v) is 2.94. The molecule has 1 aromatic heterocycles. The van der Waals surface area contributed by atoms with Gasteiger partial charge in [-0.25, -0.2) is 0 Å². The second-order valence-corrected chi connectivity index (χ2v) is 6.41. The molecule has 2 unspecified atom stereocenters. The van der Waals surface area contributed by atoms with E-state index in [0.29, 0.717) is 0 Å². The van der Waals surface area contributed by atoms with E-state index < -0.39 is 5.41 Å². The van der Waals surface area contributed by atoms with Gasteiger partial charge >= 0.3 is 0 Å². The number of nitrogens with zero attached hydrogens (tertiary/aromatic N) is 1. The molecule has 0 bridgehead atoms. The monoisotopic (exact) mass is 311 g/mol. The van der Waals surface area contributed by atoms with E-state index in [1.54, 1.807) is 6.20 Å². The lowest BCUT2D eigenvalue weighted by Crippen LogP contribution is -2.38. The minimum atomic E-state index is -0.640. The first-order valence-corrected chi connectivity index (χ1v) is 7.89. The number of amides is 1. The number of rotatable bonds is 7. The van der Waals surface area contributed by atoms with Gasteiger partial charge in [-0.1, -0.05) is 50.2 Å². The molecule has 23 heavy (non-hydrogen) atoms. The van der Waals surface area contributed by atoms with Crippen LogP contribution in [0.1, 0.15) is 43.4 Å². The van der Waals surface area contributed by atoms with Crippen LogP contribution in [0.2, 0.25) is 0 Å². The van der Waals surface area contributed by atoms with E-state index in [2.05, 4.69) is 22.4 Å². The van der Waals surface area contributed by atoms with Gasteiger partial charge in [0.25, 0.3) is 0 Å². The third kappa shape index (κ3) is 3.96. The van der Waals surface area contributed by atoms with Crippen molar-refractivity contribution in [2.24, 2.45) is 11.1 Å². The lowest BCUT2D eigenvalue weighted by Gasteiger charge is -2.34. The first kappa shape index (κ1) is 17.2. The van der Waals surface area contributed by atoms with Gasteiger partial charge in [-0.2, -0.15) is 0 Å². The Labute approximate surface area is 138 Å². The highest BCUT2D eigenvalue weighted by atomic mass is 16.1. The summed E-state index contributed by atoms with van der Waals surface area (Å²) in [6.45, 7) is 3.84. The zero-order chi connectivity index (χ0) is 16.9. The second-order valence-electron chi connectivity index (χ2n) is 6.41. The van der Waals surface area contributed by atoms with Gasteiger partial charge in [0.2, 0.25) is 5.91 Å². The van der Waals surface area contributed by atoms with Crippen LogP contribution in [0.25, 0.3) is 0 Å². The van der Waals surface area contributed by atoms with E-state index in [9.17, 15) is 4.79 Å². The molecule has 0 saturated heterocycles. The quantitative estimate of drug-likeness (QED) is 0.826. The predicted molar refractivity (Wildman–Crippen MR) is 92.8 cm³/mol. The van der Waals surface area contributed by atoms with Crippen molar-refractivity contribution in [1.29, 1.82) is 0 Å². The standard InChI is InChI=1S/C19H25N3O/c1-19(2,18(20)23)16(14-8-5-4-6-9-14)12-17(21-3)15-10-7-11-22-13-15/h4-11,13,16-17,21H,12H2,1-3H3,(H2,20,23). The number of carbonyl (C=O) groups is 1. The van der Waals surface area contributed by atoms with E-state index in [4.69, 9.17) is 5.73 Å². The Kier molecular flexibility index (Phi) is 5.50. The fourth-order valence-electron chi connectivity index (χ4n) is 2.94. The van der Waals surface area contributed by atoms with E-state index >= 15 is 0 Å². The highest BCUT2D eigenvalue weighted by molar-refractivity contribution is 5.81. The first-order valence-electron chi connectivity index (χ1n) is 7.89. The van der Waals surface area contributed by atoms with Crippen molar-refractivity contribution < 1.29 is 4.79 Å². The topological polar surface area (TPSA) is 68.0 Å². The molecular weight excluding hydrogens is 286 g/mol. The average molecular weight is 311 g/mol. The Morgan fingerprint density at radius 2 is 1.83 bits per heavy atom. The SMILES string of the molecule is CNC(CC(c1ccccc1)C(C)(C)C(N)=O)c1cccnc1. The van der Waals surface area contributed by atoms with Crippen molar-refractivity contribution in [2.75, 3.05) is 7.05 Å². The van der Waals surface area contributed by atoms with Crippen LogP contribution >= 0.6 is 0 Å². The molecule has 1 heterocycles. The first-order chi connectivity index (χ1) is 11.0. The molecule has 0 saturated carbocycles. The Hall–Kier alpha value is -2.20. The zero-order valence-corrected chi connectivity index (χ0v) is 14.0. The van der Waals surface area contributed by atoms with Crippen molar-refractivity contribution in [3.05, 3.63) is 66.0 Å². The number of hydrogen-bond donors (Lipinski definition) is 2. The van der Waals surface area contributed by atoms with Crippen LogP contribution in [0.5, 0.6) is 0 Å².